The number of ether oxygens (including phenoxy) is 2. The zero-order chi connectivity index (χ0) is 17.6. The summed E-state index contributed by atoms with van der Waals surface area (Å²) in [4.78, 5) is 4.08. The third-order valence-electron chi connectivity index (χ3n) is 3.40. The van der Waals surface area contributed by atoms with Gasteiger partial charge in [0.2, 0.25) is 4.77 Å². The number of halogens is 1. The molecule has 0 unspecified atom stereocenters. The molecule has 0 saturated carbocycles. The van der Waals surface area contributed by atoms with Crippen molar-refractivity contribution in [3.63, 3.8) is 0 Å². The molecular weight excluding hydrogens is 406 g/mol. The SMILES string of the molecule is COc1cc(CNn2cn[nH]c2=S)cc(Br)c1OCc1cccnc1. The largest absolute Gasteiger partial charge is 0.493 e. The quantitative estimate of drug-likeness (QED) is 0.569. The minimum Gasteiger partial charge on any atom is -0.493 e. The van der Waals surface area contributed by atoms with Gasteiger partial charge >= 0.3 is 0 Å². The second-order valence-electron chi connectivity index (χ2n) is 5.13. The van der Waals surface area contributed by atoms with Crippen LogP contribution in [0, 0.1) is 4.77 Å². The minimum atomic E-state index is 0.407. The second kappa shape index (κ2) is 8.13. The molecule has 7 nitrogen and oxygen atoms in total. The van der Waals surface area contributed by atoms with Crippen LogP contribution in [0.3, 0.4) is 0 Å². The van der Waals surface area contributed by atoms with Gasteiger partial charge in [0.05, 0.1) is 18.1 Å². The number of nitrogens with zero attached hydrogens (tertiary/aromatic N) is 3. The molecule has 25 heavy (non-hydrogen) atoms. The van der Waals surface area contributed by atoms with Gasteiger partial charge in [0.1, 0.15) is 12.9 Å². The summed E-state index contributed by atoms with van der Waals surface area (Å²) in [6.45, 7) is 0.955. The predicted molar refractivity (Wildman–Crippen MR) is 99.7 cm³/mol. The van der Waals surface area contributed by atoms with Gasteiger partial charge in [-0.3, -0.25) is 10.1 Å². The summed E-state index contributed by atoms with van der Waals surface area (Å²) in [7, 11) is 1.61. The number of H-pyrrole nitrogens is 1. The maximum atomic E-state index is 5.90. The molecule has 3 aromatic rings. The van der Waals surface area contributed by atoms with E-state index in [0.29, 0.717) is 29.4 Å². The first-order valence-corrected chi connectivity index (χ1v) is 8.61. The zero-order valence-corrected chi connectivity index (χ0v) is 15.8. The number of aromatic nitrogens is 4. The van der Waals surface area contributed by atoms with Gasteiger partial charge in [0.15, 0.2) is 11.5 Å². The Kier molecular flexibility index (Phi) is 5.67. The smallest absolute Gasteiger partial charge is 0.214 e. The third kappa shape index (κ3) is 4.37. The van der Waals surface area contributed by atoms with Crippen LogP contribution in [0.15, 0.2) is 47.5 Å². The van der Waals surface area contributed by atoms with Crippen LogP contribution in [0.2, 0.25) is 0 Å². The first-order valence-electron chi connectivity index (χ1n) is 7.41. The number of methoxy groups -OCH3 is 1. The van der Waals surface area contributed by atoms with Crippen molar-refractivity contribution in [2.75, 3.05) is 12.5 Å². The number of pyridine rings is 1. The van der Waals surface area contributed by atoms with Crippen molar-refractivity contribution in [3.05, 3.63) is 63.4 Å². The Balaban J connectivity index is 1.74. The average Bonchev–Trinajstić information content (AvgIpc) is 3.04. The van der Waals surface area contributed by atoms with E-state index in [-0.39, 0.29) is 0 Å². The van der Waals surface area contributed by atoms with Crippen molar-refractivity contribution in [2.24, 2.45) is 0 Å². The summed E-state index contributed by atoms with van der Waals surface area (Å²) >= 11 is 8.65. The number of hydrogen-bond donors (Lipinski definition) is 2. The fraction of sp³-hybridized carbons (Fsp3) is 0.188. The Morgan fingerprint density at radius 2 is 2.24 bits per heavy atom. The number of hydrogen-bond acceptors (Lipinski definition) is 6. The van der Waals surface area contributed by atoms with Crippen LogP contribution in [-0.2, 0) is 13.2 Å². The van der Waals surface area contributed by atoms with E-state index in [1.54, 1.807) is 30.5 Å². The molecule has 0 bridgehead atoms. The van der Waals surface area contributed by atoms with Gasteiger partial charge in [-0.1, -0.05) is 6.07 Å². The molecule has 9 heteroatoms. The van der Waals surface area contributed by atoms with E-state index in [1.165, 1.54) is 0 Å². The molecule has 0 aliphatic rings. The fourth-order valence-electron chi connectivity index (χ4n) is 2.19. The van der Waals surface area contributed by atoms with Crippen molar-refractivity contribution in [2.45, 2.75) is 13.2 Å². The van der Waals surface area contributed by atoms with Crippen LogP contribution in [-0.4, -0.2) is 27.0 Å². The van der Waals surface area contributed by atoms with Crippen molar-refractivity contribution in [1.82, 2.24) is 19.9 Å². The number of nitrogens with one attached hydrogen (secondary N) is 2. The summed E-state index contributed by atoms with van der Waals surface area (Å²) in [6, 6.07) is 7.72. The van der Waals surface area contributed by atoms with E-state index in [9.17, 15) is 0 Å². The maximum Gasteiger partial charge on any atom is 0.214 e. The van der Waals surface area contributed by atoms with Crippen molar-refractivity contribution >= 4 is 28.1 Å². The summed E-state index contributed by atoms with van der Waals surface area (Å²) in [5.74, 6) is 1.29. The van der Waals surface area contributed by atoms with Crippen LogP contribution in [0.4, 0.5) is 0 Å². The van der Waals surface area contributed by atoms with E-state index in [2.05, 4.69) is 36.5 Å². The molecule has 0 radical (unpaired) electrons. The molecule has 2 N–H and O–H groups in total. The Hall–Kier alpha value is -2.39. The fourth-order valence-corrected chi connectivity index (χ4v) is 2.96. The van der Waals surface area contributed by atoms with E-state index in [4.69, 9.17) is 21.7 Å². The summed E-state index contributed by atoms with van der Waals surface area (Å²) in [6.07, 6.45) is 5.08. The molecule has 0 saturated heterocycles. The van der Waals surface area contributed by atoms with Gasteiger partial charge < -0.3 is 14.9 Å². The molecule has 130 valence electrons. The van der Waals surface area contributed by atoms with E-state index >= 15 is 0 Å². The summed E-state index contributed by atoms with van der Waals surface area (Å²) in [5, 5.41) is 6.55. The first-order chi connectivity index (χ1) is 12.2. The molecule has 0 aliphatic heterocycles. The lowest BCUT2D eigenvalue weighted by molar-refractivity contribution is 0.282. The normalized spacial score (nSPS) is 10.5. The number of rotatable bonds is 7. The molecule has 0 amide bonds. The standard InChI is InChI=1S/C16H16BrN5O2S/c1-23-14-6-12(8-20-22-10-19-21-16(22)25)5-13(17)15(14)24-9-11-3-2-4-18-7-11/h2-7,10,20H,8-9H2,1H3,(H,21,25). The van der Waals surface area contributed by atoms with Crippen molar-refractivity contribution in [1.29, 1.82) is 0 Å². The summed E-state index contributed by atoms with van der Waals surface area (Å²) < 4.78 is 14.3. The first kappa shape index (κ1) is 17.4. The van der Waals surface area contributed by atoms with Crippen molar-refractivity contribution < 1.29 is 9.47 Å². The predicted octanol–water partition coefficient (Wildman–Crippen LogP) is 3.43. The number of benzene rings is 1. The van der Waals surface area contributed by atoms with E-state index in [1.807, 2.05) is 24.3 Å². The lowest BCUT2D eigenvalue weighted by Gasteiger charge is -2.15. The molecule has 2 heterocycles. The highest BCUT2D eigenvalue weighted by Crippen LogP contribution is 2.37. The summed E-state index contributed by atoms with van der Waals surface area (Å²) in [5.41, 5.74) is 5.14. The molecule has 0 atom stereocenters. The lowest BCUT2D eigenvalue weighted by Crippen LogP contribution is -2.13. The third-order valence-corrected chi connectivity index (χ3v) is 4.28. The van der Waals surface area contributed by atoms with Crippen molar-refractivity contribution in [3.8, 4) is 11.5 Å². The van der Waals surface area contributed by atoms with Crippen LogP contribution in [0.25, 0.3) is 0 Å². The Labute approximate surface area is 158 Å². The molecular formula is C16H16BrN5O2S. The van der Waals surface area contributed by atoms with Gasteiger partial charge in [-0.25, -0.2) is 4.68 Å². The molecule has 1 aromatic carbocycles. The average molecular weight is 422 g/mol. The minimum absolute atomic E-state index is 0.407. The highest BCUT2D eigenvalue weighted by molar-refractivity contribution is 9.10. The van der Waals surface area contributed by atoms with Crippen LogP contribution in [0.5, 0.6) is 11.5 Å². The van der Waals surface area contributed by atoms with Gasteiger partial charge in [-0.2, -0.15) is 5.10 Å². The van der Waals surface area contributed by atoms with Crippen LogP contribution >= 0.6 is 28.1 Å². The maximum absolute atomic E-state index is 5.90. The molecule has 0 spiro atoms. The Morgan fingerprint density at radius 1 is 1.36 bits per heavy atom. The zero-order valence-electron chi connectivity index (χ0n) is 13.4. The topological polar surface area (TPSA) is 77.0 Å². The van der Waals surface area contributed by atoms with Crippen LogP contribution < -0.4 is 14.9 Å². The van der Waals surface area contributed by atoms with E-state index in [0.717, 1.165) is 15.6 Å². The van der Waals surface area contributed by atoms with Gasteiger partial charge in [-0.05, 0) is 51.9 Å². The molecule has 3 rings (SSSR count). The van der Waals surface area contributed by atoms with Gasteiger partial charge in [0.25, 0.3) is 0 Å². The highest BCUT2D eigenvalue weighted by atomic mass is 79.9. The van der Waals surface area contributed by atoms with Gasteiger partial charge in [0, 0.05) is 18.0 Å². The second-order valence-corrected chi connectivity index (χ2v) is 6.37. The molecule has 0 fully saturated rings. The monoisotopic (exact) mass is 421 g/mol. The van der Waals surface area contributed by atoms with Gasteiger partial charge in [-0.15, -0.1) is 0 Å². The van der Waals surface area contributed by atoms with Crippen LogP contribution in [0.1, 0.15) is 11.1 Å². The van der Waals surface area contributed by atoms with E-state index < -0.39 is 0 Å². The Bertz CT molecular complexity index is 897. The Morgan fingerprint density at radius 3 is 2.92 bits per heavy atom. The number of aromatic amines is 1. The highest BCUT2D eigenvalue weighted by Gasteiger charge is 2.12. The molecule has 0 aliphatic carbocycles. The lowest BCUT2D eigenvalue weighted by atomic mass is 10.2. The molecule has 2 aromatic heterocycles.